The molecule has 0 aliphatic heterocycles. The second-order valence-electron chi connectivity index (χ2n) is 5.71. The fourth-order valence-corrected chi connectivity index (χ4v) is 3.53. The SMILES string of the molecule is C[C@H](Sc1nc2cc(Cl)ccc2n1C)C(=O)Nc1ccccc1OC(F)F. The van der Waals surface area contributed by atoms with E-state index in [0.717, 1.165) is 11.0 Å². The van der Waals surface area contributed by atoms with E-state index in [1.54, 1.807) is 31.2 Å². The van der Waals surface area contributed by atoms with Gasteiger partial charge < -0.3 is 14.6 Å². The number of alkyl halides is 2. The molecular formula is C18H16ClF2N3O2S. The van der Waals surface area contributed by atoms with Gasteiger partial charge in [-0.1, -0.05) is 35.5 Å². The molecule has 142 valence electrons. The topological polar surface area (TPSA) is 56.2 Å². The summed E-state index contributed by atoms with van der Waals surface area (Å²) in [5.74, 6) is -0.439. The van der Waals surface area contributed by atoms with Crippen molar-refractivity contribution in [2.45, 2.75) is 23.9 Å². The number of carbonyl (C=O) groups is 1. The molecule has 0 radical (unpaired) electrons. The van der Waals surface area contributed by atoms with Crippen molar-refractivity contribution in [1.82, 2.24) is 9.55 Å². The highest BCUT2D eigenvalue weighted by molar-refractivity contribution is 8.00. The number of hydrogen-bond donors (Lipinski definition) is 1. The van der Waals surface area contributed by atoms with Crippen LogP contribution in [0.4, 0.5) is 14.5 Å². The Morgan fingerprint density at radius 2 is 2.04 bits per heavy atom. The fourth-order valence-electron chi connectivity index (χ4n) is 2.47. The highest BCUT2D eigenvalue weighted by Crippen LogP contribution is 2.30. The first-order chi connectivity index (χ1) is 12.8. The van der Waals surface area contributed by atoms with Crippen LogP contribution in [0.1, 0.15) is 6.92 Å². The van der Waals surface area contributed by atoms with Gasteiger partial charge in [-0.25, -0.2) is 4.98 Å². The van der Waals surface area contributed by atoms with Gasteiger partial charge in [-0.2, -0.15) is 8.78 Å². The number of hydrogen-bond acceptors (Lipinski definition) is 4. The molecule has 5 nitrogen and oxygen atoms in total. The van der Waals surface area contributed by atoms with Crippen LogP contribution in [-0.4, -0.2) is 27.3 Å². The fraction of sp³-hybridized carbons (Fsp3) is 0.222. The van der Waals surface area contributed by atoms with Crippen molar-refractivity contribution in [3.63, 3.8) is 0 Å². The number of thioether (sulfide) groups is 1. The number of nitrogens with one attached hydrogen (secondary N) is 1. The summed E-state index contributed by atoms with van der Waals surface area (Å²) in [6.45, 7) is -1.26. The highest BCUT2D eigenvalue weighted by Gasteiger charge is 2.20. The number of rotatable bonds is 6. The molecule has 1 atom stereocenters. The molecule has 0 fully saturated rings. The van der Waals surface area contributed by atoms with Gasteiger partial charge in [0.2, 0.25) is 5.91 Å². The van der Waals surface area contributed by atoms with E-state index in [4.69, 9.17) is 11.6 Å². The summed E-state index contributed by atoms with van der Waals surface area (Å²) in [6.07, 6.45) is 0. The van der Waals surface area contributed by atoms with Crippen LogP contribution in [0.2, 0.25) is 5.02 Å². The van der Waals surface area contributed by atoms with Crippen molar-refractivity contribution in [2.24, 2.45) is 7.05 Å². The highest BCUT2D eigenvalue weighted by atomic mass is 35.5. The summed E-state index contributed by atoms with van der Waals surface area (Å²) in [4.78, 5) is 17.0. The zero-order valence-corrected chi connectivity index (χ0v) is 16.0. The molecule has 3 aromatic rings. The molecule has 27 heavy (non-hydrogen) atoms. The van der Waals surface area contributed by atoms with E-state index in [0.29, 0.717) is 10.2 Å². The van der Waals surface area contributed by atoms with Gasteiger partial charge in [0, 0.05) is 12.1 Å². The van der Waals surface area contributed by atoms with Gasteiger partial charge in [0.25, 0.3) is 0 Å². The number of aromatic nitrogens is 2. The van der Waals surface area contributed by atoms with Gasteiger partial charge in [-0.05, 0) is 37.3 Å². The molecule has 0 spiro atoms. The van der Waals surface area contributed by atoms with Crippen molar-refractivity contribution in [1.29, 1.82) is 0 Å². The number of nitrogens with zero attached hydrogens (tertiary/aromatic N) is 2. The summed E-state index contributed by atoms with van der Waals surface area (Å²) in [6, 6.07) is 11.4. The Bertz CT molecular complexity index is 980. The third-order valence-corrected chi connectivity index (χ3v) is 5.19. The second kappa shape index (κ2) is 8.14. The Kier molecular flexibility index (Phi) is 5.86. The van der Waals surface area contributed by atoms with E-state index in [9.17, 15) is 13.6 Å². The average Bonchev–Trinajstić information content (AvgIpc) is 2.91. The molecule has 1 amide bonds. The molecule has 2 aromatic carbocycles. The molecule has 0 aliphatic carbocycles. The van der Waals surface area contributed by atoms with Crippen LogP contribution in [0, 0.1) is 0 Å². The number of imidazole rings is 1. The summed E-state index contributed by atoms with van der Waals surface area (Å²) in [5.41, 5.74) is 1.81. The maximum Gasteiger partial charge on any atom is 0.387 e. The minimum Gasteiger partial charge on any atom is -0.433 e. The molecule has 1 N–H and O–H groups in total. The summed E-state index contributed by atoms with van der Waals surface area (Å²) in [7, 11) is 1.85. The molecule has 0 saturated heterocycles. The first kappa shape index (κ1) is 19.4. The molecule has 9 heteroatoms. The molecule has 1 aromatic heterocycles. The van der Waals surface area contributed by atoms with Crippen LogP contribution >= 0.6 is 23.4 Å². The number of aryl methyl sites for hydroxylation is 1. The van der Waals surface area contributed by atoms with Crippen LogP contribution in [0.3, 0.4) is 0 Å². The monoisotopic (exact) mass is 411 g/mol. The normalized spacial score (nSPS) is 12.4. The van der Waals surface area contributed by atoms with Crippen molar-refractivity contribution >= 4 is 46.0 Å². The number of ether oxygens (including phenoxy) is 1. The quantitative estimate of drug-likeness (QED) is 0.583. The Balaban J connectivity index is 1.74. The lowest BCUT2D eigenvalue weighted by atomic mass is 10.3. The second-order valence-corrected chi connectivity index (χ2v) is 7.45. The molecule has 0 bridgehead atoms. The molecule has 0 aliphatic rings. The Hall–Kier alpha value is -2.32. The smallest absolute Gasteiger partial charge is 0.387 e. The Morgan fingerprint density at radius 3 is 2.78 bits per heavy atom. The first-order valence-corrected chi connectivity index (χ1v) is 9.24. The summed E-state index contributed by atoms with van der Waals surface area (Å²) in [5, 5.41) is 3.33. The van der Waals surface area contributed by atoms with E-state index in [1.807, 2.05) is 17.7 Å². The molecule has 0 unspecified atom stereocenters. The van der Waals surface area contributed by atoms with E-state index < -0.39 is 11.9 Å². The van der Waals surface area contributed by atoms with Gasteiger partial charge in [0.05, 0.1) is 22.0 Å². The lowest BCUT2D eigenvalue weighted by Crippen LogP contribution is -2.23. The predicted molar refractivity (Wildman–Crippen MR) is 103 cm³/mol. The number of carbonyl (C=O) groups excluding carboxylic acids is 1. The largest absolute Gasteiger partial charge is 0.433 e. The van der Waals surface area contributed by atoms with Crippen molar-refractivity contribution in [3.05, 3.63) is 47.5 Å². The van der Waals surface area contributed by atoms with Gasteiger partial charge in [-0.3, -0.25) is 4.79 Å². The average molecular weight is 412 g/mol. The van der Waals surface area contributed by atoms with E-state index in [1.165, 1.54) is 23.9 Å². The lowest BCUT2D eigenvalue weighted by Gasteiger charge is -2.14. The lowest BCUT2D eigenvalue weighted by molar-refractivity contribution is -0.115. The maximum absolute atomic E-state index is 12.5. The van der Waals surface area contributed by atoms with Gasteiger partial charge in [-0.15, -0.1) is 0 Å². The number of fused-ring (bicyclic) bond motifs is 1. The number of para-hydroxylation sites is 2. The number of halogens is 3. The summed E-state index contributed by atoms with van der Waals surface area (Å²) < 4.78 is 31.3. The van der Waals surface area contributed by atoms with Crippen LogP contribution in [0.5, 0.6) is 5.75 Å². The van der Waals surface area contributed by atoms with E-state index in [-0.39, 0.29) is 17.3 Å². The van der Waals surface area contributed by atoms with Crippen molar-refractivity contribution < 1.29 is 18.3 Å². The minimum atomic E-state index is -2.97. The number of benzene rings is 2. The number of anilines is 1. The first-order valence-electron chi connectivity index (χ1n) is 7.98. The number of amides is 1. The van der Waals surface area contributed by atoms with Crippen molar-refractivity contribution in [3.8, 4) is 5.75 Å². The standard InChI is InChI=1S/C18H16ClF2N3O2S/c1-10(16(25)22-12-5-3-4-6-15(12)26-17(20)21)27-18-23-13-9-11(19)7-8-14(13)24(18)2/h3-10,17H,1-2H3,(H,22,25)/t10-/m0/s1. The minimum absolute atomic E-state index is 0.0876. The molecule has 0 saturated carbocycles. The van der Waals surface area contributed by atoms with Crippen molar-refractivity contribution in [2.75, 3.05) is 5.32 Å². The Morgan fingerprint density at radius 1 is 1.30 bits per heavy atom. The predicted octanol–water partition coefficient (Wildman–Crippen LogP) is 4.95. The van der Waals surface area contributed by atoms with E-state index in [2.05, 4.69) is 15.0 Å². The molecular weight excluding hydrogens is 396 g/mol. The van der Waals surface area contributed by atoms with Gasteiger partial charge in [0.15, 0.2) is 5.16 Å². The molecule has 1 heterocycles. The maximum atomic E-state index is 12.5. The molecule has 3 rings (SSSR count). The zero-order chi connectivity index (χ0) is 19.6. The van der Waals surface area contributed by atoms with Crippen LogP contribution in [0.25, 0.3) is 11.0 Å². The third-order valence-electron chi connectivity index (χ3n) is 3.81. The van der Waals surface area contributed by atoms with Gasteiger partial charge in [0.1, 0.15) is 5.75 Å². The van der Waals surface area contributed by atoms with Gasteiger partial charge >= 0.3 is 6.61 Å². The van der Waals surface area contributed by atoms with Crippen LogP contribution in [-0.2, 0) is 11.8 Å². The third kappa shape index (κ3) is 4.51. The zero-order valence-electron chi connectivity index (χ0n) is 14.4. The van der Waals surface area contributed by atoms with Crippen LogP contribution < -0.4 is 10.1 Å². The summed E-state index contributed by atoms with van der Waals surface area (Å²) >= 11 is 7.25. The Labute approximate surface area is 163 Å². The van der Waals surface area contributed by atoms with E-state index >= 15 is 0 Å². The van der Waals surface area contributed by atoms with Crippen LogP contribution in [0.15, 0.2) is 47.6 Å².